The number of hydrogen-bond donors (Lipinski definition) is 4. The van der Waals surface area contributed by atoms with Crippen LogP contribution in [0.25, 0.3) is 11.3 Å². The van der Waals surface area contributed by atoms with E-state index in [0.717, 1.165) is 30.5 Å². The van der Waals surface area contributed by atoms with Gasteiger partial charge in [-0.1, -0.05) is 0 Å². The van der Waals surface area contributed by atoms with Crippen LogP contribution in [0.3, 0.4) is 0 Å². The normalized spacial score (nSPS) is 17.9. The molecule has 214 valence electrons. The fraction of sp³-hybridized carbons (Fsp3) is 0.346. The van der Waals surface area contributed by atoms with Crippen LogP contribution >= 0.6 is 0 Å². The molecule has 40 heavy (non-hydrogen) atoms. The third-order valence-electron chi connectivity index (χ3n) is 6.25. The summed E-state index contributed by atoms with van der Waals surface area (Å²) in [5.74, 6) is -1.38. The zero-order valence-corrected chi connectivity index (χ0v) is 21.4. The number of nitrogens with zero attached hydrogens (tertiary/aromatic N) is 2. The van der Waals surface area contributed by atoms with E-state index in [9.17, 15) is 27.5 Å². The number of pyridine rings is 2. The highest BCUT2D eigenvalue weighted by molar-refractivity contribution is 5.92. The number of ether oxygens (including phenoxy) is 3. The van der Waals surface area contributed by atoms with Crippen molar-refractivity contribution in [2.24, 2.45) is 5.73 Å². The first kappa shape index (κ1) is 29.0. The molecule has 0 aliphatic carbocycles. The van der Waals surface area contributed by atoms with Crippen molar-refractivity contribution in [3.8, 4) is 28.5 Å². The quantitative estimate of drug-likeness (QED) is 0.287. The van der Waals surface area contributed by atoms with Gasteiger partial charge in [0.25, 0.3) is 5.91 Å². The average molecular weight is 567 g/mol. The number of aliphatic hydroxyl groups is 2. The van der Waals surface area contributed by atoms with Gasteiger partial charge in [0.05, 0.1) is 37.7 Å². The van der Waals surface area contributed by atoms with E-state index >= 15 is 0 Å². The highest BCUT2D eigenvalue weighted by Gasteiger charge is 2.57. The van der Waals surface area contributed by atoms with Gasteiger partial charge < -0.3 is 35.5 Å². The second kappa shape index (κ2) is 10.9. The molecule has 2 aromatic heterocycles. The maximum Gasteiger partial charge on any atom is 0.424 e. The first-order valence-corrected chi connectivity index (χ1v) is 11.9. The zero-order chi connectivity index (χ0) is 29.3. The number of nitrogens with one attached hydrogen (secondary N) is 1. The van der Waals surface area contributed by atoms with Gasteiger partial charge in [-0.2, -0.15) is 13.2 Å². The number of carbonyl (C=O) groups excluding carboxylic acids is 1. The topological polar surface area (TPSA) is 149 Å². The summed E-state index contributed by atoms with van der Waals surface area (Å²) in [4.78, 5) is 20.7. The Morgan fingerprint density at radius 3 is 2.55 bits per heavy atom. The highest BCUT2D eigenvalue weighted by Crippen LogP contribution is 2.46. The lowest BCUT2D eigenvalue weighted by Gasteiger charge is -2.31. The van der Waals surface area contributed by atoms with Crippen molar-refractivity contribution >= 4 is 5.91 Å². The van der Waals surface area contributed by atoms with Crippen LogP contribution in [-0.2, 0) is 11.1 Å². The summed E-state index contributed by atoms with van der Waals surface area (Å²) in [5, 5.41) is 22.0. The highest BCUT2D eigenvalue weighted by atomic mass is 19.4. The van der Waals surface area contributed by atoms with Crippen LogP contribution in [0, 0.1) is 5.82 Å². The van der Waals surface area contributed by atoms with Crippen molar-refractivity contribution in [3.63, 3.8) is 0 Å². The number of amides is 1. The third kappa shape index (κ3) is 5.50. The number of carbonyl (C=O) groups is 1. The Labute approximate surface area is 225 Å². The molecule has 5 N–H and O–H groups in total. The number of methoxy groups -OCH3 is 1. The molecule has 3 heterocycles. The SMILES string of the molecule is COc1cc(C(=O)NCC(O)(c2cc3c(c(-c4ccc(F)cc4)n2)OCC3(C)N)C(F)(F)F)ncc1OCCO. The molecule has 0 spiro atoms. The van der Waals surface area contributed by atoms with Crippen molar-refractivity contribution in [3.05, 3.63) is 65.4 Å². The van der Waals surface area contributed by atoms with Gasteiger partial charge in [0, 0.05) is 17.2 Å². The number of nitrogens with two attached hydrogens (primary N) is 1. The minimum absolute atomic E-state index is 0.0474. The molecule has 0 fully saturated rings. The second-order valence-corrected chi connectivity index (χ2v) is 9.28. The van der Waals surface area contributed by atoms with Crippen LogP contribution in [0.1, 0.15) is 28.7 Å². The Morgan fingerprint density at radius 2 is 1.93 bits per heavy atom. The summed E-state index contributed by atoms with van der Waals surface area (Å²) >= 11 is 0. The lowest BCUT2D eigenvalue weighted by atomic mass is 9.89. The molecule has 1 amide bonds. The summed E-state index contributed by atoms with van der Waals surface area (Å²) in [6, 6.07) is 6.93. The number of aromatic nitrogens is 2. The summed E-state index contributed by atoms with van der Waals surface area (Å²) in [5.41, 5.74) is 0.489. The average Bonchev–Trinajstić information content (AvgIpc) is 3.23. The van der Waals surface area contributed by atoms with Gasteiger partial charge in [0.15, 0.2) is 17.2 Å². The van der Waals surface area contributed by atoms with E-state index in [1.807, 2.05) is 0 Å². The van der Waals surface area contributed by atoms with Crippen LogP contribution in [-0.4, -0.2) is 65.7 Å². The number of aliphatic hydroxyl groups excluding tert-OH is 1. The molecule has 14 heteroatoms. The lowest BCUT2D eigenvalue weighted by Crippen LogP contribution is -2.51. The number of alkyl halides is 3. The molecule has 3 aromatic rings. The number of fused-ring (bicyclic) bond motifs is 1. The molecular formula is C26H26F4N4O6. The van der Waals surface area contributed by atoms with Crippen molar-refractivity contribution < 1.29 is 46.8 Å². The van der Waals surface area contributed by atoms with E-state index in [1.165, 1.54) is 19.2 Å². The van der Waals surface area contributed by atoms with E-state index in [4.69, 9.17) is 25.1 Å². The summed E-state index contributed by atoms with van der Waals surface area (Å²) in [6.45, 7) is -0.245. The Bertz CT molecular complexity index is 1400. The first-order chi connectivity index (χ1) is 18.8. The van der Waals surface area contributed by atoms with Crippen molar-refractivity contribution in [1.29, 1.82) is 0 Å². The summed E-state index contributed by atoms with van der Waals surface area (Å²) in [6.07, 6.45) is -4.20. The Kier molecular flexibility index (Phi) is 7.87. The fourth-order valence-corrected chi connectivity index (χ4v) is 4.03. The Balaban J connectivity index is 1.71. The smallest absolute Gasteiger partial charge is 0.424 e. The molecule has 0 radical (unpaired) electrons. The van der Waals surface area contributed by atoms with Crippen molar-refractivity contribution in [2.75, 3.05) is 33.5 Å². The van der Waals surface area contributed by atoms with Crippen molar-refractivity contribution in [2.45, 2.75) is 24.2 Å². The van der Waals surface area contributed by atoms with E-state index < -0.39 is 41.3 Å². The Morgan fingerprint density at radius 1 is 1.23 bits per heavy atom. The molecule has 1 aliphatic rings. The molecule has 0 saturated carbocycles. The predicted octanol–water partition coefficient (Wildman–Crippen LogP) is 2.41. The maximum absolute atomic E-state index is 14.4. The van der Waals surface area contributed by atoms with E-state index in [2.05, 4.69) is 15.3 Å². The van der Waals surface area contributed by atoms with Gasteiger partial charge in [0.1, 0.15) is 30.4 Å². The van der Waals surface area contributed by atoms with Crippen LogP contribution in [0.5, 0.6) is 17.2 Å². The Hall–Kier alpha value is -4.01. The third-order valence-corrected chi connectivity index (χ3v) is 6.25. The van der Waals surface area contributed by atoms with Crippen LogP contribution in [0.4, 0.5) is 17.6 Å². The van der Waals surface area contributed by atoms with Gasteiger partial charge in [-0.25, -0.2) is 14.4 Å². The standard InChI is InChI=1S/C26H26F4N4O6/c1-24(31)13-40-22-16(24)9-20(34-21(22)14-3-5-15(27)6-4-14)25(37,26(28,29)30)12-33-23(36)17-10-18(38-2)19(11-32-17)39-8-7-35/h3-6,9-11,35,37H,7-8,12-13,31H2,1-2H3,(H,33,36). The van der Waals surface area contributed by atoms with Gasteiger partial charge >= 0.3 is 6.18 Å². The van der Waals surface area contributed by atoms with Gasteiger partial charge in [-0.15, -0.1) is 0 Å². The molecule has 1 aliphatic heterocycles. The fourth-order valence-electron chi connectivity index (χ4n) is 4.03. The number of rotatable bonds is 9. The van der Waals surface area contributed by atoms with Crippen LogP contribution in [0.15, 0.2) is 42.6 Å². The predicted molar refractivity (Wildman–Crippen MR) is 132 cm³/mol. The minimum Gasteiger partial charge on any atom is -0.493 e. The monoisotopic (exact) mass is 566 g/mol. The number of benzene rings is 1. The van der Waals surface area contributed by atoms with Crippen LogP contribution in [0.2, 0.25) is 0 Å². The van der Waals surface area contributed by atoms with E-state index in [0.29, 0.717) is 0 Å². The summed E-state index contributed by atoms with van der Waals surface area (Å²) in [7, 11) is 1.28. The van der Waals surface area contributed by atoms with E-state index in [-0.39, 0.29) is 59.6 Å². The molecule has 0 saturated heterocycles. The number of hydrogen-bond acceptors (Lipinski definition) is 9. The number of halogens is 4. The van der Waals surface area contributed by atoms with Gasteiger partial charge in [-0.3, -0.25) is 4.79 Å². The minimum atomic E-state index is -5.31. The largest absolute Gasteiger partial charge is 0.493 e. The van der Waals surface area contributed by atoms with Crippen LogP contribution < -0.4 is 25.3 Å². The zero-order valence-electron chi connectivity index (χ0n) is 21.4. The molecular weight excluding hydrogens is 540 g/mol. The van der Waals surface area contributed by atoms with Gasteiger partial charge in [0.2, 0.25) is 5.60 Å². The molecule has 1 aromatic carbocycles. The summed E-state index contributed by atoms with van der Waals surface area (Å²) < 4.78 is 72.8. The molecule has 2 atom stereocenters. The van der Waals surface area contributed by atoms with Gasteiger partial charge in [-0.05, 0) is 37.3 Å². The molecule has 10 nitrogen and oxygen atoms in total. The first-order valence-electron chi connectivity index (χ1n) is 11.9. The van der Waals surface area contributed by atoms with Crippen molar-refractivity contribution in [1.82, 2.24) is 15.3 Å². The molecule has 0 bridgehead atoms. The molecule has 4 rings (SSSR count). The van der Waals surface area contributed by atoms with E-state index in [1.54, 1.807) is 6.92 Å². The maximum atomic E-state index is 14.4. The second-order valence-electron chi connectivity index (χ2n) is 9.28. The lowest BCUT2D eigenvalue weighted by molar-refractivity contribution is -0.265. The molecule has 2 unspecified atom stereocenters.